The van der Waals surface area contributed by atoms with E-state index in [1.165, 1.54) is 0 Å². The Hall–Kier alpha value is -3.15. The number of hydrogen-bond donors (Lipinski definition) is 0. The van der Waals surface area contributed by atoms with Gasteiger partial charge in [-0.05, 0) is 30.3 Å². The first-order valence-corrected chi connectivity index (χ1v) is 9.56. The average Bonchev–Trinajstić information content (AvgIpc) is 3.36. The molecule has 5 rings (SSSR count). The zero-order valence-corrected chi connectivity index (χ0v) is 16.1. The second kappa shape index (κ2) is 6.78. The third-order valence-corrected chi connectivity index (χ3v) is 5.29. The third kappa shape index (κ3) is 3.05. The Balaban J connectivity index is 1.35. The van der Waals surface area contributed by atoms with Crippen LogP contribution in [0.5, 0.6) is 17.2 Å². The number of aromatic nitrogens is 1. The summed E-state index contributed by atoms with van der Waals surface area (Å²) >= 11 is 0. The zero-order valence-electron chi connectivity index (χ0n) is 16.1. The predicted octanol–water partition coefficient (Wildman–Crippen LogP) is 3.69. The lowest BCUT2D eigenvalue weighted by Gasteiger charge is -2.20. The van der Waals surface area contributed by atoms with Crippen molar-refractivity contribution in [3.05, 3.63) is 48.5 Å². The number of fused-ring (bicyclic) bond motifs is 2. The van der Waals surface area contributed by atoms with Crippen LogP contribution in [0.2, 0.25) is 0 Å². The van der Waals surface area contributed by atoms with E-state index in [1.54, 1.807) is 0 Å². The fourth-order valence-electron chi connectivity index (χ4n) is 3.77. The number of pyridine rings is 1. The standard InChI is InChI=1S/C22H23N3O3/c1-24(2)21-9-6-15-4-3-5-19(22(15)23-21)28-17-10-11-25(13-17)16-7-8-18-20(12-16)27-14-26-18/h3-9,12,17H,10-11,13-14H2,1-2H3. The SMILES string of the molecule is CN(C)c1ccc2cccc(OC3CCN(c4ccc5c(c4)OCO5)C3)c2n1. The molecule has 3 aromatic rings. The number of rotatable bonds is 4. The van der Waals surface area contributed by atoms with Crippen LogP contribution in [-0.2, 0) is 0 Å². The molecule has 3 heterocycles. The molecule has 0 amide bonds. The molecule has 0 N–H and O–H groups in total. The summed E-state index contributed by atoms with van der Waals surface area (Å²) in [6.07, 6.45) is 1.10. The van der Waals surface area contributed by atoms with E-state index in [-0.39, 0.29) is 6.10 Å². The molecule has 28 heavy (non-hydrogen) atoms. The van der Waals surface area contributed by atoms with Crippen LogP contribution in [0.3, 0.4) is 0 Å². The number of ether oxygens (including phenoxy) is 3. The first kappa shape index (κ1) is 17.0. The van der Waals surface area contributed by atoms with Crippen molar-refractivity contribution in [1.29, 1.82) is 0 Å². The van der Waals surface area contributed by atoms with Crippen LogP contribution < -0.4 is 24.0 Å². The lowest BCUT2D eigenvalue weighted by atomic mass is 10.2. The van der Waals surface area contributed by atoms with Crippen molar-refractivity contribution in [2.24, 2.45) is 0 Å². The maximum absolute atomic E-state index is 6.39. The van der Waals surface area contributed by atoms with Crippen LogP contribution >= 0.6 is 0 Å². The van der Waals surface area contributed by atoms with Gasteiger partial charge in [-0.15, -0.1) is 0 Å². The Labute approximate surface area is 164 Å². The largest absolute Gasteiger partial charge is 0.486 e. The van der Waals surface area contributed by atoms with E-state index in [2.05, 4.69) is 23.1 Å². The van der Waals surface area contributed by atoms with Crippen molar-refractivity contribution < 1.29 is 14.2 Å². The molecule has 0 radical (unpaired) electrons. The van der Waals surface area contributed by atoms with Crippen molar-refractivity contribution in [3.8, 4) is 17.2 Å². The number of para-hydroxylation sites is 1. The average molecular weight is 377 g/mol. The summed E-state index contributed by atoms with van der Waals surface area (Å²) in [6.45, 7) is 2.09. The van der Waals surface area contributed by atoms with Gasteiger partial charge in [0.1, 0.15) is 23.2 Å². The molecule has 1 saturated heterocycles. The fraction of sp³-hybridized carbons (Fsp3) is 0.318. The van der Waals surface area contributed by atoms with Gasteiger partial charge in [0.05, 0.1) is 6.54 Å². The first-order chi connectivity index (χ1) is 13.7. The van der Waals surface area contributed by atoms with Gasteiger partial charge in [0.25, 0.3) is 0 Å². The van der Waals surface area contributed by atoms with E-state index in [9.17, 15) is 0 Å². The highest BCUT2D eigenvalue weighted by atomic mass is 16.7. The quantitative estimate of drug-likeness (QED) is 0.691. The van der Waals surface area contributed by atoms with Gasteiger partial charge in [0.2, 0.25) is 6.79 Å². The molecule has 0 saturated carbocycles. The lowest BCUT2D eigenvalue weighted by Crippen LogP contribution is -2.24. The third-order valence-electron chi connectivity index (χ3n) is 5.29. The van der Waals surface area contributed by atoms with E-state index >= 15 is 0 Å². The fourth-order valence-corrected chi connectivity index (χ4v) is 3.77. The van der Waals surface area contributed by atoms with E-state index in [4.69, 9.17) is 19.2 Å². The normalized spacial score (nSPS) is 17.9. The summed E-state index contributed by atoms with van der Waals surface area (Å²) in [5.41, 5.74) is 2.05. The Morgan fingerprint density at radius 3 is 2.86 bits per heavy atom. The monoisotopic (exact) mass is 377 g/mol. The van der Waals surface area contributed by atoms with Gasteiger partial charge in [0, 0.05) is 44.2 Å². The van der Waals surface area contributed by atoms with Crippen molar-refractivity contribution in [3.63, 3.8) is 0 Å². The van der Waals surface area contributed by atoms with E-state index in [0.29, 0.717) is 6.79 Å². The van der Waals surface area contributed by atoms with Gasteiger partial charge in [0.15, 0.2) is 11.5 Å². The number of nitrogens with zero attached hydrogens (tertiary/aromatic N) is 3. The topological polar surface area (TPSA) is 47.1 Å². The molecule has 2 aliphatic rings. The maximum Gasteiger partial charge on any atom is 0.231 e. The highest BCUT2D eigenvalue weighted by Crippen LogP contribution is 2.37. The second-order valence-electron chi connectivity index (χ2n) is 7.40. The summed E-state index contributed by atoms with van der Waals surface area (Å²) < 4.78 is 17.3. The molecule has 2 aliphatic heterocycles. The molecule has 1 atom stereocenters. The van der Waals surface area contributed by atoms with Gasteiger partial charge < -0.3 is 24.0 Å². The number of benzene rings is 2. The molecule has 1 fully saturated rings. The van der Waals surface area contributed by atoms with Crippen molar-refractivity contribution in [2.45, 2.75) is 12.5 Å². The van der Waals surface area contributed by atoms with Gasteiger partial charge in [-0.1, -0.05) is 12.1 Å². The van der Waals surface area contributed by atoms with Crippen LogP contribution in [0, 0.1) is 0 Å². The van der Waals surface area contributed by atoms with Gasteiger partial charge >= 0.3 is 0 Å². The van der Waals surface area contributed by atoms with Gasteiger partial charge in [-0.2, -0.15) is 0 Å². The molecule has 0 spiro atoms. The molecule has 144 valence electrons. The van der Waals surface area contributed by atoms with Crippen LogP contribution in [0.1, 0.15) is 6.42 Å². The van der Waals surface area contributed by atoms with Crippen molar-refractivity contribution >= 4 is 22.4 Å². The minimum Gasteiger partial charge on any atom is -0.486 e. The summed E-state index contributed by atoms with van der Waals surface area (Å²) in [5, 5.41) is 1.09. The van der Waals surface area contributed by atoms with Crippen molar-refractivity contribution in [2.75, 3.05) is 43.8 Å². The highest BCUT2D eigenvalue weighted by Gasteiger charge is 2.26. The summed E-state index contributed by atoms with van der Waals surface area (Å²) in [4.78, 5) is 9.13. The molecule has 6 heteroatoms. The molecular formula is C22H23N3O3. The minimum absolute atomic E-state index is 0.126. The summed E-state index contributed by atoms with van der Waals surface area (Å²) in [7, 11) is 4.00. The smallest absolute Gasteiger partial charge is 0.231 e. The van der Waals surface area contributed by atoms with E-state index < -0.39 is 0 Å². The molecule has 1 aromatic heterocycles. The molecule has 0 aliphatic carbocycles. The Kier molecular flexibility index (Phi) is 4.11. The number of anilines is 2. The van der Waals surface area contributed by atoms with Gasteiger partial charge in [-0.3, -0.25) is 0 Å². The molecular weight excluding hydrogens is 354 g/mol. The van der Waals surface area contributed by atoms with Crippen LogP contribution in [0.15, 0.2) is 48.5 Å². The van der Waals surface area contributed by atoms with Crippen LogP contribution in [0.4, 0.5) is 11.5 Å². The second-order valence-corrected chi connectivity index (χ2v) is 7.40. The summed E-state index contributed by atoms with van der Waals surface area (Å²) in [5.74, 6) is 3.40. The molecule has 6 nitrogen and oxygen atoms in total. The Bertz CT molecular complexity index is 1020. The lowest BCUT2D eigenvalue weighted by molar-refractivity contribution is 0.174. The molecule has 2 aromatic carbocycles. The zero-order chi connectivity index (χ0) is 19.1. The highest BCUT2D eigenvalue weighted by molar-refractivity contribution is 5.86. The van der Waals surface area contributed by atoms with E-state index in [0.717, 1.165) is 59.2 Å². The number of hydrogen-bond acceptors (Lipinski definition) is 6. The maximum atomic E-state index is 6.39. The van der Waals surface area contributed by atoms with Gasteiger partial charge in [-0.25, -0.2) is 4.98 Å². The van der Waals surface area contributed by atoms with Crippen LogP contribution in [-0.4, -0.2) is 45.1 Å². The van der Waals surface area contributed by atoms with Crippen molar-refractivity contribution in [1.82, 2.24) is 4.98 Å². The Morgan fingerprint density at radius 1 is 1.07 bits per heavy atom. The minimum atomic E-state index is 0.126. The summed E-state index contributed by atoms with van der Waals surface area (Å²) in [6, 6.07) is 16.3. The predicted molar refractivity (Wildman–Crippen MR) is 110 cm³/mol. The van der Waals surface area contributed by atoms with Crippen LogP contribution in [0.25, 0.3) is 10.9 Å². The van der Waals surface area contributed by atoms with E-state index in [1.807, 2.05) is 49.3 Å². The molecule has 0 bridgehead atoms. The Morgan fingerprint density at radius 2 is 1.96 bits per heavy atom. The molecule has 1 unspecified atom stereocenters. The first-order valence-electron chi connectivity index (χ1n) is 9.56.